The predicted octanol–water partition coefficient (Wildman–Crippen LogP) is 15.6. The van der Waals surface area contributed by atoms with Gasteiger partial charge in [-0.2, -0.15) is 0 Å². The zero-order chi connectivity index (χ0) is 46.5. The first kappa shape index (κ1) is 41.4. The molecule has 1 aliphatic carbocycles. The number of para-hydroxylation sites is 3. The maximum atomic E-state index is 7.95. The molecule has 3 N–H and O–H groups in total. The number of fused-ring (bicyclic) bond motifs is 10. The van der Waals surface area contributed by atoms with Gasteiger partial charge in [0.2, 0.25) is 0 Å². The van der Waals surface area contributed by atoms with E-state index in [9.17, 15) is 0 Å². The average Bonchev–Trinajstić information content (AvgIpc) is 4.04. The van der Waals surface area contributed by atoms with E-state index in [0.717, 1.165) is 16.8 Å². The van der Waals surface area contributed by atoms with E-state index in [0.29, 0.717) is 11.4 Å². The van der Waals surface area contributed by atoms with Gasteiger partial charge in [-0.05, 0) is 100.0 Å². The molecule has 0 saturated carbocycles. The number of nitrogens with one attached hydrogen (secondary N) is 1. The number of aromatic nitrogens is 2. The van der Waals surface area contributed by atoms with Crippen LogP contribution < -0.4 is 5.73 Å². The number of rotatable bonds is 7. The van der Waals surface area contributed by atoms with Crippen LogP contribution in [-0.2, 0) is 5.41 Å². The van der Waals surface area contributed by atoms with E-state index in [2.05, 4.69) is 204 Å². The van der Waals surface area contributed by atoms with Gasteiger partial charge in [0.25, 0.3) is 0 Å². The molecule has 12 aromatic rings. The van der Waals surface area contributed by atoms with E-state index >= 15 is 0 Å². The van der Waals surface area contributed by atoms with Crippen LogP contribution in [0.4, 0.5) is 0 Å². The highest BCUT2D eigenvalue weighted by Gasteiger charge is 2.47. The van der Waals surface area contributed by atoms with Gasteiger partial charge in [-0.15, -0.1) is 0 Å². The molecule has 0 spiro atoms. The van der Waals surface area contributed by atoms with E-state index < -0.39 is 5.41 Å². The monoisotopic (exact) mass is 884 g/mol. The fraction of sp³-hybridized carbons (Fsp3) is 0.0308. The summed E-state index contributed by atoms with van der Waals surface area (Å²) in [5.41, 5.74) is 24.7. The lowest BCUT2D eigenvalue weighted by Gasteiger charge is -2.34. The SMILES string of the molecule is Cc1cc2c(c3c1c1ccccc1n3-c1ccc3c(c1)c1ccccc1n3-c1ccccc1)-c1ccccc1C2(c1ccccc1)c1ccccc1.N=C(/C=C(\N)c1ccccc1)c1ccccc1. The lowest BCUT2D eigenvalue weighted by Crippen LogP contribution is -2.28. The second-order valence-corrected chi connectivity index (χ2v) is 17.9. The molecular formula is C65H48N4. The number of hydrogen-bond donors (Lipinski definition) is 2. The predicted molar refractivity (Wildman–Crippen MR) is 289 cm³/mol. The summed E-state index contributed by atoms with van der Waals surface area (Å²) in [5.74, 6) is 0. The molecule has 0 radical (unpaired) electrons. The van der Waals surface area contributed by atoms with E-state index in [1.807, 2.05) is 60.7 Å². The summed E-state index contributed by atoms with van der Waals surface area (Å²) in [7, 11) is 0. The Morgan fingerprint density at radius 1 is 0.449 bits per heavy atom. The van der Waals surface area contributed by atoms with Crippen molar-refractivity contribution in [1.29, 1.82) is 5.41 Å². The van der Waals surface area contributed by atoms with Gasteiger partial charge in [0.15, 0.2) is 0 Å². The van der Waals surface area contributed by atoms with E-state index in [4.69, 9.17) is 11.1 Å². The molecule has 0 bridgehead atoms. The molecule has 69 heavy (non-hydrogen) atoms. The zero-order valence-corrected chi connectivity index (χ0v) is 38.2. The van der Waals surface area contributed by atoms with Gasteiger partial charge < -0.3 is 20.3 Å². The van der Waals surface area contributed by atoms with Crippen molar-refractivity contribution in [3.8, 4) is 22.5 Å². The van der Waals surface area contributed by atoms with E-state index in [1.54, 1.807) is 6.08 Å². The van der Waals surface area contributed by atoms with Crippen LogP contribution in [0.2, 0.25) is 0 Å². The highest BCUT2D eigenvalue weighted by Crippen LogP contribution is 2.59. The largest absolute Gasteiger partial charge is 0.398 e. The van der Waals surface area contributed by atoms with Gasteiger partial charge in [0, 0.05) is 44.2 Å². The Morgan fingerprint density at radius 3 is 1.61 bits per heavy atom. The number of hydrogen-bond acceptors (Lipinski definition) is 2. The molecule has 13 rings (SSSR count). The third-order valence-corrected chi connectivity index (χ3v) is 14.0. The fourth-order valence-electron chi connectivity index (χ4n) is 11.1. The summed E-state index contributed by atoms with van der Waals surface area (Å²) in [6.07, 6.45) is 1.69. The summed E-state index contributed by atoms with van der Waals surface area (Å²) >= 11 is 0. The standard InChI is InChI=1S/C50H34N2.C15H14N2/c1-33-31-43-48(39-24-11-14-26-42(39)50(43,34-17-5-2-6-18-34)35-19-7-3-8-20-35)49-47(33)40-25-13-16-28-45(40)52(49)37-29-30-46-41(32-37)38-23-12-15-27-44(38)51(46)36-21-9-4-10-22-36;16-14(12-7-3-1-4-8-12)11-15(17)13-9-5-2-6-10-13/h2-32H,1H3;1-11,16H,17H2/b;15-11-,16-14?. The normalized spacial score (nSPS) is 12.7. The molecule has 10 aromatic carbocycles. The maximum Gasteiger partial charge on any atom is 0.0714 e. The second-order valence-electron chi connectivity index (χ2n) is 17.9. The summed E-state index contributed by atoms with van der Waals surface area (Å²) < 4.78 is 4.94. The third-order valence-electron chi connectivity index (χ3n) is 14.0. The van der Waals surface area contributed by atoms with Gasteiger partial charge in [-0.1, -0.05) is 206 Å². The molecule has 2 aromatic heterocycles. The van der Waals surface area contributed by atoms with Crippen LogP contribution in [0.1, 0.15) is 38.9 Å². The van der Waals surface area contributed by atoms with Crippen LogP contribution in [0, 0.1) is 12.3 Å². The van der Waals surface area contributed by atoms with Crippen molar-refractivity contribution in [2.24, 2.45) is 5.73 Å². The van der Waals surface area contributed by atoms with Gasteiger partial charge in [0.05, 0.1) is 33.2 Å². The van der Waals surface area contributed by atoms with Crippen LogP contribution in [0.15, 0.2) is 255 Å². The summed E-state index contributed by atoms with van der Waals surface area (Å²) in [6.45, 7) is 2.31. The van der Waals surface area contributed by atoms with Crippen molar-refractivity contribution in [3.63, 3.8) is 0 Å². The smallest absolute Gasteiger partial charge is 0.0714 e. The number of allylic oxidation sites excluding steroid dienone is 1. The molecular weight excluding hydrogens is 837 g/mol. The minimum atomic E-state index is -0.470. The summed E-state index contributed by atoms with van der Waals surface area (Å²) in [4.78, 5) is 0. The van der Waals surface area contributed by atoms with Crippen molar-refractivity contribution in [3.05, 3.63) is 294 Å². The minimum Gasteiger partial charge on any atom is -0.398 e. The van der Waals surface area contributed by atoms with Crippen LogP contribution in [-0.4, -0.2) is 14.8 Å². The molecule has 0 unspecified atom stereocenters. The minimum absolute atomic E-state index is 0.423. The molecule has 1 aliphatic rings. The quantitative estimate of drug-likeness (QED) is 0.154. The van der Waals surface area contributed by atoms with Crippen LogP contribution in [0.25, 0.3) is 71.8 Å². The first-order valence-electron chi connectivity index (χ1n) is 23.6. The lowest BCUT2D eigenvalue weighted by molar-refractivity contribution is 0.768. The lowest BCUT2D eigenvalue weighted by atomic mass is 9.67. The van der Waals surface area contributed by atoms with E-state index in [-0.39, 0.29) is 0 Å². The zero-order valence-electron chi connectivity index (χ0n) is 38.2. The van der Waals surface area contributed by atoms with Gasteiger partial charge in [-0.25, -0.2) is 0 Å². The van der Waals surface area contributed by atoms with E-state index in [1.165, 1.54) is 88.2 Å². The second kappa shape index (κ2) is 17.0. The Balaban J connectivity index is 0.000000246. The van der Waals surface area contributed by atoms with Gasteiger partial charge >= 0.3 is 0 Å². The Bertz CT molecular complexity index is 3860. The molecule has 0 atom stereocenters. The summed E-state index contributed by atoms with van der Waals surface area (Å²) in [5, 5.41) is 13.0. The van der Waals surface area contributed by atoms with Crippen LogP contribution in [0.3, 0.4) is 0 Å². The highest BCUT2D eigenvalue weighted by atomic mass is 15.0. The summed E-state index contributed by atoms with van der Waals surface area (Å²) in [6, 6.07) is 88.6. The van der Waals surface area contributed by atoms with Crippen molar-refractivity contribution in [2.75, 3.05) is 0 Å². The maximum absolute atomic E-state index is 7.95. The molecule has 0 fully saturated rings. The molecule has 328 valence electrons. The topological polar surface area (TPSA) is 59.7 Å². The van der Waals surface area contributed by atoms with Crippen LogP contribution in [0.5, 0.6) is 0 Å². The first-order valence-corrected chi connectivity index (χ1v) is 23.6. The van der Waals surface area contributed by atoms with Gasteiger partial charge in [-0.3, -0.25) is 0 Å². The Labute approximate surface area is 402 Å². The van der Waals surface area contributed by atoms with Crippen molar-refractivity contribution in [1.82, 2.24) is 9.13 Å². The molecule has 0 saturated heterocycles. The third kappa shape index (κ3) is 6.71. The molecule has 0 amide bonds. The highest BCUT2D eigenvalue weighted by molar-refractivity contribution is 6.18. The van der Waals surface area contributed by atoms with Crippen molar-refractivity contribution in [2.45, 2.75) is 12.3 Å². The Kier molecular flexibility index (Phi) is 10.2. The molecule has 4 heteroatoms. The van der Waals surface area contributed by atoms with Crippen LogP contribution >= 0.6 is 0 Å². The molecule has 4 nitrogen and oxygen atoms in total. The number of nitrogens with zero attached hydrogens (tertiary/aromatic N) is 2. The Morgan fingerprint density at radius 2 is 0.957 bits per heavy atom. The molecule has 0 aliphatic heterocycles. The van der Waals surface area contributed by atoms with Crippen molar-refractivity contribution >= 4 is 55.0 Å². The average molecular weight is 885 g/mol. The molecule has 2 heterocycles. The van der Waals surface area contributed by atoms with Gasteiger partial charge in [0.1, 0.15) is 0 Å². The Hall–Kier alpha value is -8.99. The number of nitrogens with two attached hydrogens (primary N) is 1. The van der Waals surface area contributed by atoms with Crippen molar-refractivity contribution < 1.29 is 0 Å². The number of benzene rings is 10. The first-order chi connectivity index (χ1) is 34.0. The number of aryl methyl sites for hydroxylation is 1. The fourth-order valence-corrected chi connectivity index (χ4v) is 11.1.